The average molecular weight is 450 g/mol. The molecule has 0 saturated carbocycles. The Bertz CT molecular complexity index is 1110. The van der Waals surface area contributed by atoms with E-state index in [0.29, 0.717) is 43.6 Å². The lowest BCUT2D eigenvalue weighted by Gasteiger charge is -2.27. The number of rotatable bonds is 10. The summed E-state index contributed by atoms with van der Waals surface area (Å²) >= 11 is 0. The molecule has 1 aliphatic rings. The molecule has 3 aromatic rings. The number of aromatic amines is 1. The normalized spacial score (nSPS) is 15.1. The van der Waals surface area contributed by atoms with E-state index in [-0.39, 0.29) is 11.9 Å². The van der Waals surface area contributed by atoms with Crippen LogP contribution in [-0.4, -0.2) is 54.5 Å². The van der Waals surface area contributed by atoms with Crippen LogP contribution in [-0.2, 0) is 4.74 Å². The first-order valence-electron chi connectivity index (χ1n) is 11.4. The quantitative estimate of drug-likeness (QED) is 0.452. The Morgan fingerprint density at radius 1 is 1.03 bits per heavy atom. The topological polar surface area (TPSA) is 76.7 Å². The van der Waals surface area contributed by atoms with Crippen LogP contribution in [0, 0.1) is 6.92 Å². The van der Waals surface area contributed by atoms with Crippen molar-refractivity contribution in [2.75, 3.05) is 33.5 Å². The number of hydrogen-bond acceptors (Lipinski definition) is 5. The van der Waals surface area contributed by atoms with E-state index in [4.69, 9.17) is 14.2 Å². The number of ether oxygens (including phenoxy) is 3. The molecule has 1 amide bonds. The zero-order valence-corrected chi connectivity index (χ0v) is 19.7. The van der Waals surface area contributed by atoms with E-state index in [9.17, 15) is 4.79 Å². The molecule has 1 aliphatic heterocycles. The molecule has 1 N–H and O–H groups in total. The second kappa shape index (κ2) is 10.1. The number of aromatic nitrogens is 2. The second-order valence-corrected chi connectivity index (χ2v) is 8.05. The van der Waals surface area contributed by atoms with E-state index in [0.717, 1.165) is 28.8 Å². The van der Waals surface area contributed by atoms with Crippen LogP contribution in [0.5, 0.6) is 11.5 Å². The Kier molecular flexibility index (Phi) is 6.99. The molecule has 0 spiro atoms. The predicted molar refractivity (Wildman–Crippen MR) is 127 cm³/mol. The monoisotopic (exact) mass is 449 g/mol. The van der Waals surface area contributed by atoms with E-state index in [1.165, 1.54) is 5.56 Å². The molecule has 174 valence electrons. The number of carbonyl (C=O) groups is 1. The third-order valence-corrected chi connectivity index (χ3v) is 5.82. The van der Waals surface area contributed by atoms with Gasteiger partial charge in [-0.15, -0.1) is 0 Å². The molecule has 0 saturated heterocycles. The summed E-state index contributed by atoms with van der Waals surface area (Å²) in [5, 5.41) is 7.56. The molecule has 0 fully saturated rings. The summed E-state index contributed by atoms with van der Waals surface area (Å²) in [4.78, 5) is 15.3. The number of H-pyrrole nitrogens is 1. The lowest BCUT2D eigenvalue weighted by molar-refractivity contribution is 0.0723. The van der Waals surface area contributed by atoms with Gasteiger partial charge in [0.15, 0.2) is 11.5 Å². The standard InChI is InChI=1S/C26H31N3O4/c1-5-32-20-13-12-19(16-21(20)33-6-2)25-22-23(18-10-8-17(3)9-11-18)27-28-24(22)26(30)29(25)14-7-15-31-4/h8-13,16,25H,5-7,14-15H2,1-4H3,(H,27,28). The Labute approximate surface area is 194 Å². The molecule has 7 nitrogen and oxygen atoms in total. The van der Waals surface area contributed by atoms with E-state index in [1.807, 2.05) is 49.1 Å². The second-order valence-electron chi connectivity index (χ2n) is 8.05. The molecule has 2 aromatic carbocycles. The van der Waals surface area contributed by atoms with Crippen molar-refractivity contribution in [1.82, 2.24) is 15.1 Å². The average Bonchev–Trinajstić information content (AvgIpc) is 3.35. The maximum Gasteiger partial charge on any atom is 0.273 e. The molecule has 33 heavy (non-hydrogen) atoms. The number of aryl methyl sites for hydroxylation is 1. The van der Waals surface area contributed by atoms with Crippen molar-refractivity contribution in [3.05, 3.63) is 64.8 Å². The lowest BCUT2D eigenvalue weighted by atomic mass is 9.95. The summed E-state index contributed by atoms with van der Waals surface area (Å²) in [5.74, 6) is 1.32. The van der Waals surface area contributed by atoms with Crippen LogP contribution in [0.1, 0.15) is 53.5 Å². The molecule has 1 atom stereocenters. The zero-order valence-electron chi connectivity index (χ0n) is 19.7. The van der Waals surface area contributed by atoms with Gasteiger partial charge < -0.3 is 19.1 Å². The summed E-state index contributed by atoms with van der Waals surface area (Å²) in [6.45, 7) is 8.18. The van der Waals surface area contributed by atoms with Crippen LogP contribution in [0.15, 0.2) is 42.5 Å². The molecule has 1 unspecified atom stereocenters. The lowest BCUT2D eigenvalue weighted by Crippen LogP contribution is -2.31. The number of nitrogens with one attached hydrogen (secondary N) is 1. The molecule has 2 heterocycles. The van der Waals surface area contributed by atoms with Crippen molar-refractivity contribution in [2.24, 2.45) is 0 Å². The SMILES string of the molecule is CCOc1ccc(C2c3c(-c4ccc(C)cc4)n[nH]c3C(=O)N2CCCOC)cc1OCC. The largest absolute Gasteiger partial charge is 0.490 e. The summed E-state index contributed by atoms with van der Waals surface area (Å²) in [6.07, 6.45) is 0.742. The highest BCUT2D eigenvalue weighted by molar-refractivity contribution is 6.00. The molecule has 0 aliphatic carbocycles. The first-order chi connectivity index (χ1) is 16.1. The zero-order chi connectivity index (χ0) is 23.4. The minimum atomic E-state index is -0.283. The van der Waals surface area contributed by atoms with Crippen LogP contribution >= 0.6 is 0 Å². The third-order valence-electron chi connectivity index (χ3n) is 5.82. The Morgan fingerprint density at radius 3 is 2.45 bits per heavy atom. The van der Waals surface area contributed by atoms with Gasteiger partial charge in [-0.25, -0.2) is 0 Å². The number of benzene rings is 2. The van der Waals surface area contributed by atoms with Crippen molar-refractivity contribution in [3.8, 4) is 22.8 Å². The van der Waals surface area contributed by atoms with Gasteiger partial charge in [-0.2, -0.15) is 5.10 Å². The Morgan fingerprint density at radius 2 is 1.76 bits per heavy atom. The van der Waals surface area contributed by atoms with Crippen LogP contribution in [0.3, 0.4) is 0 Å². The number of hydrogen-bond donors (Lipinski definition) is 1. The Balaban J connectivity index is 1.82. The van der Waals surface area contributed by atoms with Crippen LogP contribution in [0.4, 0.5) is 0 Å². The van der Waals surface area contributed by atoms with Crippen molar-refractivity contribution < 1.29 is 19.0 Å². The first-order valence-corrected chi connectivity index (χ1v) is 11.4. The van der Waals surface area contributed by atoms with Gasteiger partial charge in [0.2, 0.25) is 0 Å². The van der Waals surface area contributed by atoms with Crippen molar-refractivity contribution in [1.29, 1.82) is 0 Å². The summed E-state index contributed by atoms with van der Waals surface area (Å²) in [6, 6.07) is 13.8. The van der Waals surface area contributed by atoms with E-state index in [2.05, 4.69) is 29.3 Å². The van der Waals surface area contributed by atoms with Crippen molar-refractivity contribution in [3.63, 3.8) is 0 Å². The Hall–Kier alpha value is -3.32. The fraction of sp³-hybridized carbons (Fsp3) is 0.385. The van der Waals surface area contributed by atoms with Gasteiger partial charge in [0, 0.05) is 31.4 Å². The summed E-state index contributed by atoms with van der Waals surface area (Å²) in [5.41, 5.74) is 5.34. The molecule has 4 rings (SSSR count). The van der Waals surface area contributed by atoms with Crippen molar-refractivity contribution >= 4 is 5.91 Å². The van der Waals surface area contributed by atoms with Crippen LogP contribution in [0.2, 0.25) is 0 Å². The first kappa shape index (κ1) is 22.9. The number of nitrogens with zero attached hydrogens (tertiary/aromatic N) is 2. The summed E-state index contributed by atoms with van der Waals surface area (Å²) < 4.78 is 16.9. The smallest absolute Gasteiger partial charge is 0.273 e. The molecule has 1 aromatic heterocycles. The highest BCUT2D eigenvalue weighted by Crippen LogP contribution is 2.44. The fourth-order valence-electron chi connectivity index (χ4n) is 4.32. The third kappa shape index (κ3) is 4.46. The molecule has 7 heteroatoms. The maximum atomic E-state index is 13.4. The van der Waals surface area contributed by atoms with Gasteiger partial charge in [0.1, 0.15) is 5.69 Å². The van der Waals surface area contributed by atoms with Gasteiger partial charge >= 0.3 is 0 Å². The molecular weight excluding hydrogens is 418 g/mol. The van der Waals surface area contributed by atoms with Gasteiger partial charge in [0.25, 0.3) is 5.91 Å². The van der Waals surface area contributed by atoms with Crippen LogP contribution < -0.4 is 9.47 Å². The van der Waals surface area contributed by atoms with E-state index in [1.54, 1.807) is 7.11 Å². The highest BCUT2D eigenvalue weighted by Gasteiger charge is 2.42. The minimum absolute atomic E-state index is 0.0520. The molecule has 0 radical (unpaired) electrons. The molecule has 0 bridgehead atoms. The van der Waals surface area contributed by atoms with Gasteiger partial charge in [-0.05, 0) is 44.9 Å². The summed E-state index contributed by atoms with van der Waals surface area (Å²) in [7, 11) is 1.67. The number of fused-ring (bicyclic) bond motifs is 1. The van der Waals surface area contributed by atoms with Gasteiger partial charge in [-0.3, -0.25) is 9.89 Å². The van der Waals surface area contributed by atoms with Gasteiger partial charge in [0.05, 0.1) is 24.9 Å². The van der Waals surface area contributed by atoms with E-state index < -0.39 is 0 Å². The minimum Gasteiger partial charge on any atom is -0.490 e. The van der Waals surface area contributed by atoms with E-state index >= 15 is 0 Å². The van der Waals surface area contributed by atoms with Gasteiger partial charge in [-0.1, -0.05) is 35.9 Å². The predicted octanol–water partition coefficient (Wildman–Crippen LogP) is 4.76. The number of carbonyl (C=O) groups excluding carboxylic acids is 1. The van der Waals surface area contributed by atoms with Crippen LogP contribution in [0.25, 0.3) is 11.3 Å². The van der Waals surface area contributed by atoms with Crippen molar-refractivity contribution in [2.45, 2.75) is 33.2 Å². The maximum absolute atomic E-state index is 13.4. The molecular formula is C26H31N3O4. The highest BCUT2D eigenvalue weighted by atomic mass is 16.5. The number of amides is 1. The fourth-order valence-corrected chi connectivity index (χ4v) is 4.32. The number of methoxy groups -OCH3 is 1.